The molecule has 1 fully saturated rings. The molecule has 2 aromatic rings. The minimum Gasteiger partial charge on any atom is -0.376 e. The fourth-order valence-corrected chi connectivity index (χ4v) is 3.72. The zero-order valence-corrected chi connectivity index (χ0v) is 15.4. The van der Waals surface area contributed by atoms with Crippen LogP contribution in [0.3, 0.4) is 0 Å². The molecule has 142 valence electrons. The first-order chi connectivity index (χ1) is 13.3. The molecule has 0 saturated carbocycles. The van der Waals surface area contributed by atoms with Gasteiger partial charge in [0, 0.05) is 31.0 Å². The Balaban J connectivity index is 1.24. The number of carbonyl (C=O) groups excluding carboxylic acids is 1. The Hall–Kier alpha value is -2.47. The van der Waals surface area contributed by atoms with E-state index in [4.69, 9.17) is 9.26 Å². The second-order valence-corrected chi connectivity index (χ2v) is 7.19. The second kappa shape index (κ2) is 8.48. The molecule has 1 aliphatic heterocycles. The number of hydrogen-bond donors (Lipinski definition) is 0. The molecule has 0 N–H and O–H groups in total. The van der Waals surface area contributed by atoms with Crippen LogP contribution in [0.4, 0.5) is 0 Å². The van der Waals surface area contributed by atoms with E-state index in [1.807, 2.05) is 35.2 Å². The van der Waals surface area contributed by atoms with E-state index < -0.39 is 0 Å². The highest BCUT2D eigenvalue weighted by atomic mass is 16.5. The molecule has 1 amide bonds. The van der Waals surface area contributed by atoms with E-state index in [1.165, 1.54) is 0 Å². The van der Waals surface area contributed by atoms with Gasteiger partial charge in [-0.25, -0.2) is 0 Å². The molecular weight excluding hydrogens is 342 g/mol. The summed E-state index contributed by atoms with van der Waals surface area (Å²) in [6.45, 7) is 2.07. The zero-order valence-electron chi connectivity index (χ0n) is 15.4. The molecule has 1 aromatic carbocycles. The van der Waals surface area contributed by atoms with Crippen molar-refractivity contribution < 1.29 is 14.1 Å². The Morgan fingerprint density at radius 2 is 2.04 bits per heavy atom. The van der Waals surface area contributed by atoms with Gasteiger partial charge in [-0.3, -0.25) is 4.79 Å². The van der Waals surface area contributed by atoms with Crippen molar-refractivity contribution in [1.29, 1.82) is 0 Å². The van der Waals surface area contributed by atoms with Crippen molar-refractivity contribution in [1.82, 2.24) is 15.0 Å². The maximum atomic E-state index is 12.6. The summed E-state index contributed by atoms with van der Waals surface area (Å²) < 4.78 is 11.3. The van der Waals surface area contributed by atoms with Crippen LogP contribution < -0.4 is 0 Å². The average molecular weight is 367 g/mol. The van der Waals surface area contributed by atoms with E-state index in [0.29, 0.717) is 31.3 Å². The number of aromatic nitrogens is 2. The number of nitrogens with zero attached hydrogens (tertiary/aromatic N) is 3. The molecular formula is C21H25N3O3. The molecule has 4 rings (SSSR count). The van der Waals surface area contributed by atoms with Gasteiger partial charge in [0.1, 0.15) is 0 Å². The van der Waals surface area contributed by atoms with Gasteiger partial charge in [0.2, 0.25) is 5.91 Å². The summed E-state index contributed by atoms with van der Waals surface area (Å²) in [7, 11) is 0. The number of piperidine rings is 1. The second-order valence-electron chi connectivity index (χ2n) is 7.19. The van der Waals surface area contributed by atoms with Crippen LogP contribution in [0.5, 0.6) is 0 Å². The van der Waals surface area contributed by atoms with E-state index in [2.05, 4.69) is 22.3 Å². The van der Waals surface area contributed by atoms with E-state index in [9.17, 15) is 4.79 Å². The van der Waals surface area contributed by atoms with Crippen molar-refractivity contribution in [3.05, 3.63) is 48.3 Å². The molecule has 2 heterocycles. The molecule has 27 heavy (non-hydrogen) atoms. The summed E-state index contributed by atoms with van der Waals surface area (Å²) in [4.78, 5) is 19.0. The Morgan fingerprint density at radius 1 is 1.22 bits per heavy atom. The van der Waals surface area contributed by atoms with Crippen molar-refractivity contribution in [3.8, 4) is 11.5 Å². The van der Waals surface area contributed by atoms with Crippen molar-refractivity contribution in [2.75, 3.05) is 19.7 Å². The summed E-state index contributed by atoms with van der Waals surface area (Å²) in [5, 5.41) is 4.03. The number of allylic oxidation sites excluding steroid dienone is 2. The lowest BCUT2D eigenvalue weighted by atomic mass is 10.0. The molecule has 0 spiro atoms. The minimum absolute atomic E-state index is 0.0950. The predicted octanol–water partition coefficient (Wildman–Crippen LogP) is 3.25. The Bertz CT molecular complexity index is 779. The average Bonchev–Trinajstić information content (AvgIpc) is 3.41. The van der Waals surface area contributed by atoms with Gasteiger partial charge in [0.15, 0.2) is 5.82 Å². The van der Waals surface area contributed by atoms with Crippen molar-refractivity contribution in [3.63, 3.8) is 0 Å². The topological polar surface area (TPSA) is 68.5 Å². The van der Waals surface area contributed by atoms with Crippen LogP contribution in [0.25, 0.3) is 11.5 Å². The largest absolute Gasteiger partial charge is 0.376 e. The quantitative estimate of drug-likeness (QED) is 0.733. The van der Waals surface area contributed by atoms with Gasteiger partial charge in [-0.2, -0.15) is 4.98 Å². The summed E-state index contributed by atoms with van der Waals surface area (Å²) in [5.74, 6) is 1.60. The number of benzene rings is 1. The standard InChI is InChI=1S/C21H25N3O3/c25-21(17-9-4-5-10-17)24-13-6-11-18(15-24)26-14-12-19-22-20(27-23-19)16-7-2-1-3-8-16/h1-5,7-8,17-18H,6,9-15H2. The third-order valence-electron chi connectivity index (χ3n) is 5.21. The van der Waals surface area contributed by atoms with E-state index in [0.717, 1.165) is 37.8 Å². The SMILES string of the molecule is O=C(C1CC=CC1)N1CCCC(OCCc2noc(-c3ccccc3)n2)C1. The third-order valence-corrected chi connectivity index (χ3v) is 5.21. The molecule has 0 radical (unpaired) electrons. The third kappa shape index (κ3) is 4.45. The Labute approximate surface area is 159 Å². The van der Waals surface area contributed by atoms with Crippen LogP contribution in [0.15, 0.2) is 47.0 Å². The number of amides is 1. The molecule has 1 aromatic heterocycles. The normalized spacial score (nSPS) is 20.3. The highest BCUT2D eigenvalue weighted by molar-refractivity contribution is 5.79. The van der Waals surface area contributed by atoms with Crippen LogP contribution in [0, 0.1) is 5.92 Å². The smallest absolute Gasteiger partial charge is 0.257 e. The zero-order chi connectivity index (χ0) is 18.5. The number of ether oxygens (including phenoxy) is 1. The van der Waals surface area contributed by atoms with Gasteiger partial charge < -0.3 is 14.2 Å². The van der Waals surface area contributed by atoms with Crippen molar-refractivity contribution >= 4 is 5.91 Å². The lowest BCUT2D eigenvalue weighted by molar-refractivity contribution is -0.139. The maximum absolute atomic E-state index is 12.6. The van der Waals surface area contributed by atoms with Gasteiger partial charge in [-0.05, 0) is 37.8 Å². The van der Waals surface area contributed by atoms with Crippen LogP contribution in [0.1, 0.15) is 31.5 Å². The van der Waals surface area contributed by atoms with E-state index >= 15 is 0 Å². The molecule has 6 heteroatoms. The highest BCUT2D eigenvalue weighted by Crippen LogP contribution is 2.23. The molecule has 1 aliphatic carbocycles. The molecule has 1 unspecified atom stereocenters. The first kappa shape index (κ1) is 17.9. The molecule has 6 nitrogen and oxygen atoms in total. The van der Waals surface area contributed by atoms with Gasteiger partial charge in [0.05, 0.1) is 12.7 Å². The van der Waals surface area contributed by atoms with E-state index in [1.54, 1.807) is 0 Å². The molecule has 1 saturated heterocycles. The molecule has 1 atom stereocenters. The first-order valence-electron chi connectivity index (χ1n) is 9.73. The Kier molecular flexibility index (Phi) is 5.63. The van der Waals surface area contributed by atoms with Crippen molar-refractivity contribution in [2.45, 2.75) is 38.2 Å². The van der Waals surface area contributed by atoms with Gasteiger partial charge >= 0.3 is 0 Å². The minimum atomic E-state index is 0.0950. The van der Waals surface area contributed by atoms with Crippen LogP contribution in [0.2, 0.25) is 0 Å². The monoisotopic (exact) mass is 367 g/mol. The van der Waals surface area contributed by atoms with Crippen molar-refractivity contribution in [2.24, 2.45) is 5.92 Å². The summed E-state index contributed by atoms with van der Waals surface area (Å²) in [6.07, 6.45) is 8.66. The number of hydrogen-bond acceptors (Lipinski definition) is 5. The molecule has 0 bridgehead atoms. The first-order valence-corrected chi connectivity index (χ1v) is 9.73. The summed E-state index contributed by atoms with van der Waals surface area (Å²) in [5.41, 5.74) is 0.917. The van der Waals surface area contributed by atoms with E-state index in [-0.39, 0.29) is 17.9 Å². The lowest BCUT2D eigenvalue weighted by Gasteiger charge is -2.34. The highest BCUT2D eigenvalue weighted by Gasteiger charge is 2.29. The van der Waals surface area contributed by atoms with Crippen LogP contribution >= 0.6 is 0 Å². The number of rotatable bonds is 6. The fraction of sp³-hybridized carbons (Fsp3) is 0.476. The lowest BCUT2D eigenvalue weighted by Crippen LogP contribution is -2.45. The number of carbonyl (C=O) groups is 1. The van der Waals surface area contributed by atoms with Crippen LogP contribution in [-0.2, 0) is 16.0 Å². The summed E-state index contributed by atoms with van der Waals surface area (Å²) >= 11 is 0. The maximum Gasteiger partial charge on any atom is 0.257 e. The van der Waals surface area contributed by atoms with Gasteiger partial charge in [-0.1, -0.05) is 35.5 Å². The fourth-order valence-electron chi connectivity index (χ4n) is 3.72. The molecule has 2 aliphatic rings. The van der Waals surface area contributed by atoms with Gasteiger partial charge in [-0.15, -0.1) is 0 Å². The van der Waals surface area contributed by atoms with Crippen LogP contribution in [-0.4, -0.2) is 46.7 Å². The Morgan fingerprint density at radius 3 is 2.85 bits per heavy atom. The predicted molar refractivity (Wildman–Crippen MR) is 101 cm³/mol. The number of likely N-dealkylation sites (tertiary alicyclic amines) is 1. The van der Waals surface area contributed by atoms with Gasteiger partial charge in [0.25, 0.3) is 5.89 Å². The summed E-state index contributed by atoms with van der Waals surface area (Å²) in [6, 6.07) is 9.73.